The van der Waals surface area contributed by atoms with Gasteiger partial charge in [0.1, 0.15) is 0 Å². The van der Waals surface area contributed by atoms with Crippen molar-refractivity contribution >= 4 is 33.8 Å². The molecule has 0 aliphatic carbocycles. The summed E-state index contributed by atoms with van der Waals surface area (Å²) in [6.07, 6.45) is 0. The number of rotatable bonds is 0. The summed E-state index contributed by atoms with van der Waals surface area (Å²) in [5.41, 5.74) is 1.14. The van der Waals surface area contributed by atoms with Crippen LogP contribution in [0.15, 0.2) is 24.3 Å². The Kier molecular flexibility index (Phi) is 3.55. The summed E-state index contributed by atoms with van der Waals surface area (Å²) < 4.78 is 2.08. The van der Waals surface area contributed by atoms with E-state index in [1.807, 2.05) is 18.2 Å². The molecule has 0 saturated heterocycles. The van der Waals surface area contributed by atoms with Crippen molar-refractivity contribution in [3.05, 3.63) is 38.3 Å². The van der Waals surface area contributed by atoms with Gasteiger partial charge in [0.2, 0.25) is 0 Å². The van der Waals surface area contributed by atoms with Crippen molar-refractivity contribution < 1.29 is 10.3 Å². The summed E-state index contributed by atoms with van der Waals surface area (Å²) in [7, 11) is 0. The third kappa shape index (κ3) is 3.11. The van der Waals surface area contributed by atoms with Crippen molar-refractivity contribution in [2.45, 2.75) is 0 Å². The largest absolute Gasteiger partial charge is 0.337 e. The number of aromatic nitrogens is 1. The van der Waals surface area contributed by atoms with E-state index in [1.165, 1.54) is 4.70 Å². The monoisotopic (exact) mass is 230 g/mol. The quantitative estimate of drug-likeness (QED) is 0.414. The molecule has 5 nitrogen and oxygen atoms in total. The Morgan fingerprint density at radius 2 is 2.07 bits per heavy atom. The summed E-state index contributed by atoms with van der Waals surface area (Å²) in [4.78, 5) is 11.5. The molecule has 0 amide bonds. The van der Waals surface area contributed by atoms with Crippen molar-refractivity contribution in [3.8, 4) is 0 Å². The van der Waals surface area contributed by atoms with Crippen LogP contribution in [-0.4, -0.2) is 15.3 Å². The van der Waals surface area contributed by atoms with E-state index in [9.17, 15) is 0 Å². The van der Waals surface area contributed by atoms with E-state index in [0.29, 0.717) is 0 Å². The Balaban J connectivity index is 0.000000213. The van der Waals surface area contributed by atoms with Gasteiger partial charge in [0.15, 0.2) is 3.95 Å². The lowest BCUT2D eigenvalue weighted by Crippen LogP contribution is -1.81. The minimum Gasteiger partial charge on any atom is -0.337 e. The fraction of sp³-hybridized carbons (Fsp3) is 0. The Morgan fingerprint density at radius 3 is 2.64 bits per heavy atom. The topological polar surface area (TPSA) is 79.2 Å². The Bertz CT molecular complexity index is 451. The van der Waals surface area contributed by atoms with Crippen molar-refractivity contribution in [3.63, 3.8) is 0 Å². The standard InChI is InChI=1S/C7H5NS2.HNO3/c9-7-8-5-3-1-2-4-6(5)10-7;2-1(3)4/h1-4H,(H,8,9);(H,2,3,4). The summed E-state index contributed by atoms with van der Waals surface area (Å²) in [5.74, 6) is 0. The van der Waals surface area contributed by atoms with Crippen molar-refractivity contribution in [2.24, 2.45) is 0 Å². The fourth-order valence-electron chi connectivity index (χ4n) is 0.894. The fourth-order valence-corrected chi connectivity index (χ4v) is 2.01. The Morgan fingerprint density at radius 1 is 1.50 bits per heavy atom. The summed E-state index contributed by atoms with van der Waals surface area (Å²) in [6, 6.07) is 8.11. The predicted octanol–water partition coefficient (Wildman–Crippen LogP) is 2.61. The highest BCUT2D eigenvalue weighted by Gasteiger charge is 1.91. The number of aromatic amines is 1. The highest BCUT2D eigenvalue weighted by molar-refractivity contribution is 7.73. The van der Waals surface area contributed by atoms with E-state index >= 15 is 0 Å². The summed E-state index contributed by atoms with van der Waals surface area (Å²) in [6.45, 7) is 0. The first kappa shape index (κ1) is 10.6. The van der Waals surface area contributed by atoms with E-state index in [4.69, 9.17) is 27.5 Å². The van der Waals surface area contributed by atoms with Gasteiger partial charge in [0, 0.05) is 0 Å². The Hall–Kier alpha value is -1.47. The minimum atomic E-state index is -1.50. The van der Waals surface area contributed by atoms with Gasteiger partial charge in [-0.1, -0.05) is 12.1 Å². The van der Waals surface area contributed by atoms with Crippen LogP contribution in [0.25, 0.3) is 10.2 Å². The second kappa shape index (κ2) is 4.68. The van der Waals surface area contributed by atoms with E-state index in [2.05, 4.69) is 11.1 Å². The van der Waals surface area contributed by atoms with Crippen molar-refractivity contribution in [1.29, 1.82) is 0 Å². The molecule has 0 unspecified atom stereocenters. The molecule has 0 aliphatic heterocycles. The summed E-state index contributed by atoms with van der Waals surface area (Å²) >= 11 is 6.59. The highest BCUT2D eigenvalue weighted by atomic mass is 32.1. The van der Waals surface area contributed by atoms with Gasteiger partial charge in [-0.25, -0.2) is 0 Å². The third-order valence-electron chi connectivity index (χ3n) is 1.33. The van der Waals surface area contributed by atoms with Gasteiger partial charge in [0.05, 0.1) is 10.2 Å². The molecule has 0 atom stereocenters. The number of H-pyrrole nitrogens is 1. The van der Waals surface area contributed by atoms with Crippen LogP contribution >= 0.6 is 23.6 Å². The van der Waals surface area contributed by atoms with Gasteiger partial charge < -0.3 is 10.2 Å². The Labute approximate surface area is 87.7 Å². The smallest absolute Gasteiger partial charge is 0.291 e. The van der Waals surface area contributed by atoms with Crippen LogP contribution in [0.3, 0.4) is 0 Å². The van der Waals surface area contributed by atoms with Crippen molar-refractivity contribution in [2.75, 3.05) is 0 Å². The van der Waals surface area contributed by atoms with E-state index in [0.717, 1.165) is 9.47 Å². The van der Waals surface area contributed by atoms with Crippen LogP contribution in [-0.2, 0) is 0 Å². The molecule has 14 heavy (non-hydrogen) atoms. The van der Waals surface area contributed by atoms with Crippen LogP contribution in [0, 0.1) is 14.1 Å². The first-order valence-corrected chi connectivity index (χ1v) is 4.73. The molecule has 1 aromatic heterocycles. The van der Waals surface area contributed by atoms with Crippen LogP contribution < -0.4 is 0 Å². The second-order valence-corrected chi connectivity index (χ2v) is 3.97. The SMILES string of the molecule is O=[N+]([O-])O.S=c1[nH]c2ccccc2s1. The van der Waals surface area contributed by atoms with Gasteiger partial charge in [0.25, 0.3) is 5.09 Å². The molecule has 1 heterocycles. The van der Waals surface area contributed by atoms with Gasteiger partial charge in [-0.05, 0) is 24.4 Å². The molecular weight excluding hydrogens is 224 g/mol. The number of fused-ring (bicyclic) bond motifs is 1. The molecule has 2 rings (SSSR count). The lowest BCUT2D eigenvalue weighted by molar-refractivity contribution is -0.742. The van der Waals surface area contributed by atoms with Gasteiger partial charge in [-0.2, -0.15) is 0 Å². The number of hydrogen-bond acceptors (Lipinski definition) is 4. The number of nitrogens with one attached hydrogen (secondary N) is 1. The molecule has 0 aliphatic rings. The minimum absolute atomic E-state index is 0.848. The van der Waals surface area contributed by atoms with Gasteiger partial charge >= 0.3 is 0 Å². The number of hydrogen-bond donors (Lipinski definition) is 2. The molecule has 0 spiro atoms. The highest BCUT2D eigenvalue weighted by Crippen LogP contribution is 2.17. The molecule has 2 N–H and O–H groups in total. The molecule has 7 heteroatoms. The first-order valence-electron chi connectivity index (χ1n) is 3.50. The molecule has 1 aromatic carbocycles. The first-order chi connectivity index (χ1) is 6.59. The van der Waals surface area contributed by atoms with E-state index in [1.54, 1.807) is 11.3 Å². The zero-order chi connectivity index (χ0) is 10.6. The normalized spacial score (nSPS) is 9.14. The number of para-hydroxylation sites is 1. The summed E-state index contributed by atoms with van der Waals surface area (Å²) in [5, 5.41) is 13.6. The zero-order valence-corrected chi connectivity index (χ0v) is 8.47. The van der Waals surface area contributed by atoms with Crippen molar-refractivity contribution in [1.82, 2.24) is 4.98 Å². The average molecular weight is 230 g/mol. The molecular formula is C7H6N2O3S2. The molecule has 0 radical (unpaired) electrons. The molecule has 0 saturated carbocycles. The molecule has 0 bridgehead atoms. The maximum Gasteiger partial charge on any atom is 0.291 e. The maximum atomic E-state index is 8.36. The van der Waals surface area contributed by atoms with E-state index in [-0.39, 0.29) is 0 Å². The second-order valence-electron chi connectivity index (χ2n) is 2.25. The van der Waals surface area contributed by atoms with Crippen LogP contribution in [0.5, 0.6) is 0 Å². The predicted molar refractivity (Wildman–Crippen MR) is 55.8 cm³/mol. The third-order valence-corrected chi connectivity index (χ3v) is 2.54. The lowest BCUT2D eigenvalue weighted by Gasteiger charge is -1.81. The van der Waals surface area contributed by atoms with Crippen LogP contribution in [0.1, 0.15) is 0 Å². The number of benzene rings is 1. The molecule has 74 valence electrons. The molecule has 2 aromatic rings. The zero-order valence-electron chi connectivity index (χ0n) is 6.84. The van der Waals surface area contributed by atoms with Crippen LogP contribution in [0.2, 0.25) is 0 Å². The lowest BCUT2D eigenvalue weighted by atomic mass is 10.3. The van der Waals surface area contributed by atoms with Gasteiger partial charge in [-0.3, -0.25) is 0 Å². The average Bonchev–Trinajstić information content (AvgIpc) is 2.42. The maximum absolute atomic E-state index is 8.36. The van der Waals surface area contributed by atoms with Crippen LogP contribution in [0.4, 0.5) is 0 Å². The number of thiazole rings is 1. The van der Waals surface area contributed by atoms with Gasteiger partial charge in [-0.15, -0.1) is 21.5 Å². The number of nitrogens with zero attached hydrogens (tertiary/aromatic N) is 1. The van der Waals surface area contributed by atoms with E-state index < -0.39 is 5.09 Å². The molecule has 0 fully saturated rings.